The number of carbonyl (C=O) groups is 1. The molecule has 0 aromatic rings. The summed E-state index contributed by atoms with van der Waals surface area (Å²) in [5.41, 5.74) is -0.566. The van der Waals surface area contributed by atoms with Gasteiger partial charge in [0.1, 0.15) is 5.54 Å². The van der Waals surface area contributed by atoms with Crippen molar-refractivity contribution in [2.24, 2.45) is 0 Å². The number of ether oxygens (including phenoxy) is 2. The van der Waals surface area contributed by atoms with Gasteiger partial charge in [-0.1, -0.05) is 0 Å². The fourth-order valence-electron chi connectivity index (χ4n) is 2.65. The van der Waals surface area contributed by atoms with Crippen molar-refractivity contribution in [2.75, 3.05) is 40.4 Å². The number of nitrogens with zero attached hydrogens (tertiary/aromatic N) is 1. The molecule has 0 radical (unpaired) electrons. The highest BCUT2D eigenvalue weighted by molar-refractivity contribution is 5.80. The standard InChI is InChI=1S/C15H30N2O3/c1-13-12-17(10-7-11-20-13)9-6-5-8-15(2,16-3)14(18)19-4/h13,16H,5-12H2,1-4H3. The SMILES string of the molecule is CNC(C)(CCCCN1CCCOC(C)C1)C(=O)OC. The topological polar surface area (TPSA) is 50.8 Å². The minimum Gasteiger partial charge on any atom is -0.468 e. The number of esters is 1. The Morgan fingerprint density at radius 3 is 2.90 bits per heavy atom. The monoisotopic (exact) mass is 286 g/mol. The lowest BCUT2D eigenvalue weighted by atomic mass is 9.95. The van der Waals surface area contributed by atoms with E-state index in [4.69, 9.17) is 9.47 Å². The van der Waals surface area contributed by atoms with E-state index in [1.165, 1.54) is 7.11 Å². The quantitative estimate of drug-likeness (QED) is 0.566. The summed E-state index contributed by atoms with van der Waals surface area (Å²) in [7, 11) is 3.25. The van der Waals surface area contributed by atoms with Gasteiger partial charge < -0.3 is 19.7 Å². The van der Waals surface area contributed by atoms with E-state index in [1.54, 1.807) is 0 Å². The van der Waals surface area contributed by atoms with Crippen LogP contribution in [0.3, 0.4) is 0 Å². The van der Waals surface area contributed by atoms with Crippen LogP contribution in [0.25, 0.3) is 0 Å². The van der Waals surface area contributed by atoms with Gasteiger partial charge in [0, 0.05) is 19.7 Å². The molecule has 1 saturated heterocycles. The normalized spacial score (nSPS) is 23.9. The minimum atomic E-state index is -0.566. The summed E-state index contributed by atoms with van der Waals surface area (Å²) in [4.78, 5) is 14.2. The first kappa shape index (κ1) is 17.4. The molecule has 5 nitrogen and oxygen atoms in total. The average Bonchev–Trinajstić information content (AvgIpc) is 2.66. The van der Waals surface area contributed by atoms with E-state index < -0.39 is 5.54 Å². The summed E-state index contributed by atoms with van der Waals surface area (Å²) >= 11 is 0. The first-order chi connectivity index (χ1) is 9.51. The molecule has 0 spiro atoms. The van der Waals surface area contributed by atoms with Gasteiger partial charge in [-0.25, -0.2) is 0 Å². The zero-order valence-corrected chi connectivity index (χ0v) is 13.4. The Kier molecular flexibility index (Phi) is 7.48. The van der Waals surface area contributed by atoms with Gasteiger partial charge in [-0.05, 0) is 53.1 Å². The van der Waals surface area contributed by atoms with Crippen molar-refractivity contribution >= 4 is 5.97 Å². The number of methoxy groups -OCH3 is 1. The number of likely N-dealkylation sites (N-methyl/N-ethyl adjacent to an activating group) is 1. The van der Waals surface area contributed by atoms with Crippen LogP contribution >= 0.6 is 0 Å². The number of unbranched alkanes of at least 4 members (excludes halogenated alkanes) is 1. The number of rotatable bonds is 7. The molecular formula is C15H30N2O3. The van der Waals surface area contributed by atoms with E-state index in [0.717, 1.165) is 51.9 Å². The number of carbonyl (C=O) groups excluding carboxylic acids is 1. The molecule has 1 fully saturated rings. The van der Waals surface area contributed by atoms with Gasteiger partial charge in [0.2, 0.25) is 0 Å². The molecule has 2 unspecified atom stereocenters. The average molecular weight is 286 g/mol. The van der Waals surface area contributed by atoms with Gasteiger partial charge in [0.15, 0.2) is 0 Å². The van der Waals surface area contributed by atoms with Crippen molar-refractivity contribution in [1.29, 1.82) is 0 Å². The number of hydrogen-bond donors (Lipinski definition) is 1. The Bertz CT molecular complexity index is 299. The van der Waals surface area contributed by atoms with Crippen molar-refractivity contribution in [3.8, 4) is 0 Å². The van der Waals surface area contributed by atoms with Crippen LogP contribution in [0.4, 0.5) is 0 Å². The molecule has 1 heterocycles. The third kappa shape index (κ3) is 5.38. The molecule has 20 heavy (non-hydrogen) atoms. The fraction of sp³-hybridized carbons (Fsp3) is 0.933. The summed E-state index contributed by atoms with van der Waals surface area (Å²) in [5.74, 6) is -0.184. The Labute approximate surface area is 123 Å². The largest absolute Gasteiger partial charge is 0.468 e. The molecule has 0 aromatic heterocycles. The van der Waals surface area contributed by atoms with E-state index in [1.807, 2.05) is 14.0 Å². The van der Waals surface area contributed by atoms with Crippen LogP contribution < -0.4 is 5.32 Å². The van der Waals surface area contributed by atoms with E-state index in [0.29, 0.717) is 6.10 Å². The first-order valence-corrected chi connectivity index (χ1v) is 7.63. The van der Waals surface area contributed by atoms with Gasteiger partial charge in [-0.3, -0.25) is 4.79 Å². The highest BCUT2D eigenvalue weighted by atomic mass is 16.5. The summed E-state index contributed by atoms with van der Waals surface area (Å²) in [6.07, 6.45) is 4.35. The Balaban J connectivity index is 2.27. The lowest BCUT2D eigenvalue weighted by Gasteiger charge is -2.27. The van der Waals surface area contributed by atoms with E-state index >= 15 is 0 Å². The third-order valence-electron chi connectivity index (χ3n) is 4.13. The molecule has 1 N–H and O–H groups in total. The summed E-state index contributed by atoms with van der Waals surface area (Å²) < 4.78 is 10.5. The fourth-order valence-corrected chi connectivity index (χ4v) is 2.65. The zero-order valence-electron chi connectivity index (χ0n) is 13.4. The molecule has 0 aliphatic carbocycles. The molecule has 1 aliphatic rings. The van der Waals surface area contributed by atoms with E-state index in [9.17, 15) is 4.79 Å². The molecule has 118 valence electrons. The Morgan fingerprint density at radius 2 is 2.25 bits per heavy atom. The Morgan fingerprint density at radius 1 is 1.50 bits per heavy atom. The lowest BCUT2D eigenvalue weighted by Crippen LogP contribution is -2.48. The molecule has 0 aromatic carbocycles. The molecule has 0 amide bonds. The summed E-state index contributed by atoms with van der Waals surface area (Å²) in [6, 6.07) is 0. The van der Waals surface area contributed by atoms with Crippen LogP contribution in [0.5, 0.6) is 0 Å². The van der Waals surface area contributed by atoms with E-state index in [2.05, 4.69) is 17.1 Å². The molecule has 1 rings (SSSR count). The van der Waals surface area contributed by atoms with Crippen molar-refractivity contribution < 1.29 is 14.3 Å². The first-order valence-electron chi connectivity index (χ1n) is 7.63. The predicted molar refractivity (Wildman–Crippen MR) is 79.8 cm³/mol. The van der Waals surface area contributed by atoms with Crippen LogP contribution in [0.1, 0.15) is 39.5 Å². The van der Waals surface area contributed by atoms with Crippen molar-refractivity contribution in [3.63, 3.8) is 0 Å². The van der Waals surface area contributed by atoms with Crippen molar-refractivity contribution in [1.82, 2.24) is 10.2 Å². The maximum atomic E-state index is 11.7. The van der Waals surface area contributed by atoms with Crippen LogP contribution in [0.15, 0.2) is 0 Å². The summed E-state index contributed by atoms with van der Waals surface area (Å²) in [6.45, 7) is 8.12. The van der Waals surface area contributed by atoms with Crippen LogP contribution in [0.2, 0.25) is 0 Å². The third-order valence-corrected chi connectivity index (χ3v) is 4.13. The highest BCUT2D eigenvalue weighted by Crippen LogP contribution is 2.16. The predicted octanol–water partition coefficient (Wildman–Crippen LogP) is 1.42. The second-order valence-electron chi connectivity index (χ2n) is 5.87. The molecule has 5 heteroatoms. The highest BCUT2D eigenvalue weighted by Gasteiger charge is 2.31. The van der Waals surface area contributed by atoms with Crippen molar-refractivity contribution in [3.05, 3.63) is 0 Å². The van der Waals surface area contributed by atoms with Gasteiger partial charge in [-0.15, -0.1) is 0 Å². The molecular weight excluding hydrogens is 256 g/mol. The maximum Gasteiger partial charge on any atom is 0.325 e. The Hall–Kier alpha value is -0.650. The minimum absolute atomic E-state index is 0.184. The van der Waals surface area contributed by atoms with Gasteiger partial charge in [0.25, 0.3) is 0 Å². The number of nitrogens with one attached hydrogen (secondary N) is 1. The van der Waals surface area contributed by atoms with Gasteiger partial charge in [-0.2, -0.15) is 0 Å². The van der Waals surface area contributed by atoms with Crippen LogP contribution in [-0.4, -0.2) is 62.9 Å². The lowest BCUT2D eigenvalue weighted by molar-refractivity contribution is -0.148. The smallest absolute Gasteiger partial charge is 0.325 e. The van der Waals surface area contributed by atoms with Gasteiger partial charge in [0.05, 0.1) is 13.2 Å². The maximum absolute atomic E-state index is 11.7. The molecule has 0 bridgehead atoms. The number of hydrogen-bond acceptors (Lipinski definition) is 5. The molecule has 2 atom stereocenters. The van der Waals surface area contributed by atoms with E-state index in [-0.39, 0.29) is 5.97 Å². The van der Waals surface area contributed by atoms with Crippen LogP contribution in [0, 0.1) is 0 Å². The van der Waals surface area contributed by atoms with Gasteiger partial charge >= 0.3 is 5.97 Å². The zero-order chi connectivity index (χ0) is 15.0. The molecule has 1 aliphatic heterocycles. The van der Waals surface area contributed by atoms with Crippen molar-refractivity contribution in [2.45, 2.75) is 51.2 Å². The second-order valence-corrected chi connectivity index (χ2v) is 5.87. The van der Waals surface area contributed by atoms with Crippen LogP contribution in [-0.2, 0) is 14.3 Å². The second kappa shape index (κ2) is 8.60. The summed E-state index contributed by atoms with van der Waals surface area (Å²) in [5, 5.41) is 3.08. The molecule has 0 saturated carbocycles.